The molecule has 2 nitrogen and oxygen atoms in total. The number of hydrogen-bond donors (Lipinski definition) is 1. The fraction of sp³-hybridized carbons (Fsp3) is 0.250. The van der Waals surface area contributed by atoms with Crippen LogP contribution < -0.4 is 10.1 Å². The summed E-state index contributed by atoms with van der Waals surface area (Å²) in [5.74, 6) is -0.0500. The van der Waals surface area contributed by atoms with Crippen LogP contribution in [0.5, 0.6) is 5.75 Å². The fourth-order valence-electron chi connectivity index (χ4n) is 1.90. The van der Waals surface area contributed by atoms with Gasteiger partial charge in [-0.2, -0.15) is 0 Å². The molecule has 0 saturated carbocycles. The van der Waals surface area contributed by atoms with Gasteiger partial charge in [-0.05, 0) is 39.7 Å². The number of rotatable bonds is 6. The molecule has 0 aromatic heterocycles. The largest absolute Gasteiger partial charge is 0.488 e. The Hall–Kier alpha value is -1.10. The first-order valence-electron chi connectivity index (χ1n) is 6.66. The summed E-state index contributed by atoms with van der Waals surface area (Å²) in [7, 11) is 0. The van der Waals surface area contributed by atoms with Gasteiger partial charge in [0.15, 0.2) is 0 Å². The number of halogens is 3. The van der Waals surface area contributed by atoms with E-state index in [2.05, 4.69) is 34.2 Å². The molecule has 5 heteroatoms. The molecule has 2 aromatic carbocycles. The Morgan fingerprint density at radius 1 is 1.24 bits per heavy atom. The minimum Gasteiger partial charge on any atom is -0.488 e. The Balaban J connectivity index is 2.11. The van der Waals surface area contributed by atoms with Crippen molar-refractivity contribution in [1.82, 2.24) is 5.32 Å². The van der Waals surface area contributed by atoms with Crippen molar-refractivity contribution in [2.75, 3.05) is 6.54 Å². The van der Waals surface area contributed by atoms with E-state index in [-0.39, 0.29) is 5.02 Å². The average Bonchev–Trinajstić information content (AvgIpc) is 2.48. The van der Waals surface area contributed by atoms with E-state index in [9.17, 15) is 4.39 Å². The molecule has 0 aliphatic carbocycles. The molecule has 21 heavy (non-hydrogen) atoms. The van der Waals surface area contributed by atoms with E-state index in [0.717, 1.165) is 18.7 Å². The number of hydrogen-bond acceptors (Lipinski definition) is 2. The van der Waals surface area contributed by atoms with Gasteiger partial charge in [0.25, 0.3) is 0 Å². The molecule has 0 aliphatic rings. The molecule has 2 aromatic rings. The van der Waals surface area contributed by atoms with Gasteiger partial charge in [0.1, 0.15) is 18.2 Å². The van der Waals surface area contributed by atoms with Crippen LogP contribution in [-0.2, 0) is 13.2 Å². The van der Waals surface area contributed by atoms with Crippen LogP contribution >= 0.6 is 27.5 Å². The van der Waals surface area contributed by atoms with Crippen LogP contribution in [0.15, 0.2) is 40.9 Å². The van der Waals surface area contributed by atoms with Gasteiger partial charge in [-0.15, -0.1) is 0 Å². The molecule has 0 saturated heterocycles. The molecule has 112 valence electrons. The minimum atomic E-state index is -0.490. The van der Waals surface area contributed by atoms with Crippen molar-refractivity contribution in [2.24, 2.45) is 0 Å². The van der Waals surface area contributed by atoms with Crippen LogP contribution in [0.1, 0.15) is 18.1 Å². The molecule has 2 rings (SSSR count). The van der Waals surface area contributed by atoms with Crippen molar-refractivity contribution in [1.29, 1.82) is 0 Å². The Labute approximate surface area is 137 Å². The number of nitrogens with one attached hydrogen (secondary N) is 1. The Bertz CT molecular complexity index is 621. The predicted octanol–water partition coefficient (Wildman–Crippen LogP) is 4.93. The van der Waals surface area contributed by atoms with Gasteiger partial charge in [0.05, 0.1) is 9.50 Å². The lowest BCUT2D eigenvalue weighted by Gasteiger charge is -2.13. The summed E-state index contributed by atoms with van der Waals surface area (Å²) in [5.41, 5.74) is 2.24. The first-order valence-corrected chi connectivity index (χ1v) is 7.83. The highest BCUT2D eigenvalue weighted by Gasteiger charge is 2.09. The summed E-state index contributed by atoms with van der Waals surface area (Å²) in [6.45, 7) is 4.13. The van der Waals surface area contributed by atoms with Crippen LogP contribution in [0.4, 0.5) is 4.39 Å². The Morgan fingerprint density at radius 2 is 1.95 bits per heavy atom. The van der Waals surface area contributed by atoms with Crippen LogP contribution in [-0.4, -0.2) is 6.54 Å². The second-order valence-electron chi connectivity index (χ2n) is 4.53. The lowest BCUT2D eigenvalue weighted by molar-refractivity contribution is 0.301. The van der Waals surface area contributed by atoms with Gasteiger partial charge >= 0.3 is 0 Å². The zero-order valence-electron chi connectivity index (χ0n) is 11.6. The molecule has 0 atom stereocenters. The maximum absolute atomic E-state index is 13.5. The zero-order chi connectivity index (χ0) is 15.2. The van der Waals surface area contributed by atoms with Crippen LogP contribution in [0.3, 0.4) is 0 Å². The first kappa shape index (κ1) is 16.3. The van der Waals surface area contributed by atoms with E-state index in [1.165, 1.54) is 17.7 Å². The molecule has 0 heterocycles. The second kappa shape index (κ2) is 7.78. The van der Waals surface area contributed by atoms with Gasteiger partial charge in [-0.3, -0.25) is 0 Å². The third kappa shape index (κ3) is 4.43. The highest BCUT2D eigenvalue weighted by atomic mass is 79.9. The highest BCUT2D eigenvalue weighted by molar-refractivity contribution is 9.10. The standard InChI is InChI=1S/C16H16BrClFNO/c1-2-20-9-11-5-3-4-6-12(11)10-21-16-8-15(19)14(18)7-13(16)17/h3-8,20H,2,9-10H2,1H3. The second-order valence-corrected chi connectivity index (χ2v) is 5.80. The summed E-state index contributed by atoms with van der Waals surface area (Å²) in [4.78, 5) is 0. The van der Waals surface area contributed by atoms with E-state index in [1.54, 1.807) is 0 Å². The summed E-state index contributed by atoms with van der Waals surface area (Å²) in [6.07, 6.45) is 0. The van der Waals surface area contributed by atoms with Crippen LogP contribution in [0, 0.1) is 5.82 Å². The molecule has 0 fully saturated rings. The van der Waals surface area contributed by atoms with Crippen molar-refractivity contribution in [3.05, 3.63) is 62.8 Å². The lowest BCUT2D eigenvalue weighted by atomic mass is 10.1. The number of ether oxygens (including phenoxy) is 1. The molecular weight excluding hydrogens is 357 g/mol. The van der Waals surface area contributed by atoms with Crippen molar-refractivity contribution in [2.45, 2.75) is 20.1 Å². The maximum atomic E-state index is 13.5. The van der Waals surface area contributed by atoms with Gasteiger partial charge < -0.3 is 10.1 Å². The highest BCUT2D eigenvalue weighted by Crippen LogP contribution is 2.31. The number of benzene rings is 2. The molecule has 0 bridgehead atoms. The van der Waals surface area contributed by atoms with Crippen molar-refractivity contribution >= 4 is 27.5 Å². The summed E-state index contributed by atoms with van der Waals surface area (Å²) >= 11 is 9.04. The molecule has 0 spiro atoms. The van der Waals surface area contributed by atoms with Gasteiger partial charge in [-0.1, -0.05) is 42.8 Å². The normalized spacial score (nSPS) is 10.7. The van der Waals surface area contributed by atoms with Gasteiger partial charge in [-0.25, -0.2) is 4.39 Å². The monoisotopic (exact) mass is 371 g/mol. The van der Waals surface area contributed by atoms with Crippen molar-refractivity contribution in [3.8, 4) is 5.75 Å². The Morgan fingerprint density at radius 3 is 2.67 bits per heavy atom. The molecule has 1 N–H and O–H groups in total. The summed E-state index contributed by atoms with van der Waals surface area (Å²) < 4.78 is 19.8. The first-order chi connectivity index (χ1) is 10.1. The van der Waals surface area contributed by atoms with E-state index >= 15 is 0 Å². The molecule has 0 aliphatic heterocycles. The van der Waals surface area contributed by atoms with Crippen LogP contribution in [0.2, 0.25) is 5.02 Å². The van der Waals surface area contributed by atoms with E-state index in [1.807, 2.05) is 18.2 Å². The fourth-order valence-corrected chi connectivity index (χ4v) is 2.65. The minimum absolute atomic E-state index is 0.0711. The van der Waals surface area contributed by atoms with E-state index < -0.39 is 5.82 Å². The van der Waals surface area contributed by atoms with Crippen LogP contribution in [0.25, 0.3) is 0 Å². The maximum Gasteiger partial charge on any atom is 0.145 e. The Kier molecular flexibility index (Phi) is 6.03. The van der Waals surface area contributed by atoms with E-state index in [0.29, 0.717) is 16.8 Å². The SMILES string of the molecule is CCNCc1ccccc1COc1cc(F)c(Cl)cc1Br. The molecule has 0 radical (unpaired) electrons. The van der Waals surface area contributed by atoms with Crippen molar-refractivity contribution < 1.29 is 9.13 Å². The third-order valence-electron chi connectivity index (χ3n) is 3.04. The summed E-state index contributed by atoms with van der Waals surface area (Å²) in [6, 6.07) is 10.8. The van der Waals surface area contributed by atoms with E-state index in [4.69, 9.17) is 16.3 Å². The molecule has 0 unspecified atom stereocenters. The quantitative estimate of drug-likeness (QED) is 0.726. The zero-order valence-corrected chi connectivity index (χ0v) is 14.0. The van der Waals surface area contributed by atoms with Crippen molar-refractivity contribution in [3.63, 3.8) is 0 Å². The topological polar surface area (TPSA) is 21.3 Å². The smallest absolute Gasteiger partial charge is 0.145 e. The van der Waals surface area contributed by atoms with Gasteiger partial charge in [0, 0.05) is 12.6 Å². The summed E-state index contributed by atoms with van der Waals surface area (Å²) in [5, 5.41) is 3.36. The molecule has 0 amide bonds. The molecular formula is C16H16BrClFNO. The van der Waals surface area contributed by atoms with Gasteiger partial charge in [0.2, 0.25) is 0 Å². The third-order valence-corrected chi connectivity index (χ3v) is 3.95. The predicted molar refractivity (Wildman–Crippen MR) is 87.3 cm³/mol. The average molecular weight is 373 g/mol. The lowest BCUT2D eigenvalue weighted by Crippen LogP contribution is -2.14.